The molecule has 1 aliphatic carbocycles. The summed E-state index contributed by atoms with van der Waals surface area (Å²) < 4.78 is 0. The quantitative estimate of drug-likeness (QED) is 0.815. The summed E-state index contributed by atoms with van der Waals surface area (Å²) in [4.78, 5) is 4.15. The Hall–Kier alpha value is -0.890. The molecule has 0 bridgehead atoms. The van der Waals surface area contributed by atoms with E-state index in [0.29, 0.717) is 6.04 Å². The Morgan fingerprint density at radius 1 is 1.53 bits per heavy atom. The van der Waals surface area contributed by atoms with Gasteiger partial charge in [0.25, 0.3) is 0 Å². The van der Waals surface area contributed by atoms with Crippen molar-refractivity contribution in [2.45, 2.75) is 38.6 Å². The second kappa shape index (κ2) is 4.75. The van der Waals surface area contributed by atoms with Gasteiger partial charge in [0.2, 0.25) is 0 Å². The normalized spacial score (nSPS) is 18.5. The summed E-state index contributed by atoms with van der Waals surface area (Å²) in [6.07, 6.45) is 9.40. The number of nitrogens with zero attached hydrogens (tertiary/aromatic N) is 1. The van der Waals surface area contributed by atoms with Gasteiger partial charge in [-0.25, -0.2) is 0 Å². The second-order valence-corrected chi connectivity index (χ2v) is 4.61. The molecule has 1 aromatic heterocycles. The highest BCUT2D eigenvalue weighted by Gasteiger charge is 2.22. The van der Waals surface area contributed by atoms with E-state index >= 15 is 0 Å². The molecule has 0 aliphatic heterocycles. The first kappa shape index (κ1) is 10.6. The van der Waals surface area contributed by atoms with Crippen LogP contribution in [0.1, 0.15) is 42.9 Å². The van der Waals surface area contributed by atoms with Gasteiger partial charge < -0.3 is 5.32 Å². The third kappa shape index (κ3) is 2.37. The molecule has 0 saturated heterocycles. The van der Waals surface area contributed by atoms with E-state index < -0.39 is 0 Å². The first-order chi connectivity index (χ1) is 7.31. The first-order valence-electron chi connectivity index (χ1n) is 5.89. The third-order valence-corrected chi connectivity index (χ3v) is 3.58. The van der Waals surface area contributed by atoms with Crippen molar-refractivity contribution in [2.24, 2.45) is 5.92 Å². The molecular formula is C13H20N2. The lowest BCUT2D eigenvalue weighted by Gasteiger charge is -2.30. The van der Waals surface area contributed by atoms with Gasteiger partial charge in [-0.15, -0.1) is 0 Å². The van der Waals surface area contributed by atoms with Crippen LogP contribution in [0.15, 0.2) is 18.5 Å². The van der Waals surface area contributed by atoms with Crippen molar-refractivity contribution >= 4 is 0 Å². The zero-order chi connectivity index (χ0) is 10.7. The minimum absolute atomic E-state index is 0.512. The Labute approximate surface area is 92.1 Å². The zero-order valence-electron chi connectivity index (χ0n) is 9.66. The van der Waals surface area contributed by atoms with E-state index in [4.69, 9.17) is 0 Å². The second-order valence-electron chi connectivity index (χ2n) is 4.61. The predicted octanol–water partition coefficient (Wildman–Crippen LogP) is 2.84. The van der Waals surface area contributed by atoms with Gasteiger partial charge in [0.05, 0.1) is 0 Å². The highest BCUT2D eigenvalue weighted by Crippen LogP contribution is 2.35. The molecule has 0 radical (unpaired) electrons. The summed E-state index contributed by atoms with van der Waals surface area (Å²) in [6.45, 7) is 2.15. The molecular weight excluding hydrogens is 184 g/mol. The van der Waals surface area contributed by atoms with Crippen molar-refractivity contribution < 1.29 is 0 Å². The summed E-state index contributed by atoms with van der Waals surface area (Å²) in [5.41, 5.74) is 2.72. The van der Waals surface area contributed by atoms with Crippen LogP contribution in [0.2, 0.25) is 0 Å². The van der Waals surface area contributed by atoms with E-state index in [0.717, 1.165) is 5.92 Å². The van der Waals surface area contributed by atoms with Crippen LogP contribution in [-0.4, -0.2) is 12.0 Å². The van der Waals surface area contributed by atoms with Crippen molar-refractivity contribution in [2.75, 3.05) is 7.05 Å². The van der Waals surface area contributed by atoms with Crippen LogP contribution in [0.4, 0.5) is 0 Å². The summed E-state index contributed by atoms with van der Waals surface area (Å²) >= 11 is 0. The lowest BCUT2D eigenvalue weighted by Crippen LogP contribution is -2.23. The summed E-state index contributed by atoms with van der Waals surface area (Å²) in [7, 11) is 2.06. The fourth-order valence-electron chi connectivity index (χ4n) is 2.34. The number of pyridine rings is 1. The van der Waals surface area contributed by atoms with Gasteiger partial charge in [-0.3, -0.25) is 4.98 Å². The van der Waals surface area contributed by atoms with Crippen LogP contribution in [0, 0.1) is 12.8 Å². The van der Waals surface area contributed by atoms with Crippen molar-refractivity contribution in [1.29, 1.82) is 0 Å². The number of nitrogens with one attached hydrogen (secondary N) is 1. The largest absolute Gasteiger partial charge is 0.313 e. The molecule has 1 aliphatic rings. The molecule has 0 amide bonds. The van der Waals surface area contributed by atoms with Crippen molar-refractivity contribution in [3.05, 3.63) is 29.6 Å². The standard InChI is InChI=1S/C13H20N2/c1-10-9-15-7-6-12(10)13(14-2)8-11-4-3-5-11/h6-7,9,11,13-14H,3-5,8H2,1-2H3. The van der Waals surface area contributed by atoms with Crippen LogP contribution < -0.4 is 5.32 Å². The van der Waals surface area contributed by atoms with Crippen LogP contribution >= 0.6 is 0 Å². The summed E-state index contributed by atoms with van der Waals surface area (Å²) in [5.74, 6) is 0.940. The summed E-state index contributed by atoms with van der Waals surface area (Å²) in [6, 6.07) is 2.66. The van der Waals surface area contributed by atoms with E-state index in [1.807, 2.05) is 12.4 Å². The van der Waals surface area contributed by atoms with Crippen LogP contribution in [0.3, 0.4) is 0 Å². The van der Waals surface area contributed by atoms with Crippen LogP contribution in [0.5, 0.6) is 0 Å². The molecule has 1 aromatic rings. The van der Waals surface area contributed by atoms with E-state index in [1.165, 1.54) is 36.8 Å². The number of hydrogen-bond donors (Lipinski definition) is 1. The maximum atomic E-state index is 4.15. The topological polar surface area (TPSA) is 24.9 Å². The Morgan fingerprint density at radius 3 is 2.87 bits per heavy atom. The predicted molar refractivity (Wildman–Crippen MR) is 62.7 cm³/mol. The Kier molecular flexibility index (Phi) is 3.37. The maximum Gasteiger partial charge on any atom is 0.0323 e. The molecule has 2 nitrogen and oxygen atoms in total. The molecule has 1 saturated carbocycles. The van der Waals surface area contributed by atoms with Gasteiger partial charge in [-0.05, 0) is 43.5 Å². The minimum Gasteiger partial charge on any atom is -0.313 e. The Bertz CT molecular complexity index is 318. The highest BCUT2D eigenvalue weighted by molar-refractivity contribution is 5.25. The number of aryl methyl sites for hydroxylation is 1. The smallest absolute Gasteiger partial charge is 0.0323 e. The number of rotatable bonds is 4. The fourth-order valence-corrected chi connectivity index (χ4v) is 2.34. The fraction of sp³-hybridized carbons (Fsp3) is 0.615. The minimum atomic E-state index is 0.512. The SMILES string of the molecule is CNC(CC1CCC1)c1ccncc1C. The molecule has 82 valence electrons. The molecule has 1 unspecified atom stereocenters. The van der Waals surface area contributed by atoms with Crippen LogP contribution in [-0.2, 0) is 0 Å². The van der Waals surface area contributed by atoms with Crippen molar-refractivity contribution in [3.63, 3.8) is 0 Å². The van der Waals surface area contributed by atoms with E-state index in [-0.39, 0.29) is 0 Å². The van der Waals surface area contributed by atoms with E-state index in [1.54, 1.807) is 0 Å². The van der Waals surface area contributed by atoms with Gasteiger partial charge in [-0.1, -0.05) is 19.3 Å². The zero-order valence-corrected chi connectivity index (χ0v) is 9.66. The van der Waals surface area contributed by atoms with Gasteiger partial charge >= 0.3 is 0 Å². The first-order valence-corrected chi connectivity index (χ1v) is 5.89. The Balaban J connectivity index is 2.07. The summed E-state index contributed by atoms with van der Waals surface area (Å²) in [5, 5.41) is 3.43. The molecule has 1 fully saturated rings. The van der Waals surface area contributed by atoms with Crippen molar-refractivity contribution in [1.82, 2.24) is 10.3 Å². The molecule has 0 aromatic carbocycles. The molecule has 1 heterocycles. The van der Waals surface area contributed by atoms with Gasteiger partial charge in [-0.2, -0.15) is 0 Å². The van der Waals surface area contributed by atoms with E-state index in [2.05, 4.69) is 30.3 Å². The molecule has 0 spiro atoms. The Morgan fingerprint density at radius 2 is 2.33 bits per heavy atom. The number of hydrogen-bond acceptors (Lipinski definition) is 2. The molecule has 2 heteroatoms. The molecule has 2 rings (SSSR count). The highest BCUT2D eigenvalue weighted by atomic mass is 14.9. The van der Waals surface area contributed by atoms with Gasteiger partial charge in [0.1, 0.15) is 0 Å². The monoisotopic (exact) mass is 204 g/mol. The maximum absolute atomic E-state index is 4.15. The van der Waals surface area contributed by atoms with Crippen LogP contribution in [0.25, 0.3) is 0 Å². The molecule has 1 N–H and O–H groups in total. The third-order valence-electron chi connectivity index (χ3n) is 3.58. The van der Waals surface area contributed by atoms with E-state index in [9.17, 15) is 0 Å². The van der Waals surface area contributed by atoms with Crippen molar-refractivity contribution in [3.8, 4) is 0 Å². The average molecular weight is 204 g/mol. The van der Waals surface area contributed by atoms with Gasteiger partial charge in [0, 0.05) is 18.4 Å². The lowest BCUT2D eigenvalue weighted by molar-refractivity contribution is 0.265. The lowest BCUT2D eigenvalue weighted by atomic mass is 9.79. The number of aromatic nitrogens is 1. The average Bonchev–Trinajstić information content (AvgIpc) is 2.19. The molecule has 15 heavy (non-hydrogen) atoms. The molecule has 1 atom stereocenters. The van der Waals surface area contributed by atoms with Gasteiger partial charge in [0.15, 0.2) is 0 Å².